The maximum Gasteiger partial charge on any atom is 0.262 e. The number of rotatable bonds is 9. The Morgan fingerprint density at radius 2 is 1.67 bits per heavy atom. The Morgan fingerprint density at radius 3 is 2.27 bits per heavy atom. The molecule has 9 nitrogen and oxygen atoms in total. The number of carbonyl (C=O) groups excluding carboxylic acids is 2. The van der Waals surface area contributed by atoms with Crippen molar-refractivity contribution in [3.63, 3.8) is 0 Å². The van der Waals surface area contributed by atoms with Crippen molar-refractivity contribution in [3.05, 3.63) is 53.6 Å². The molecule has 0 spiro atoms. The zero-order chi connectivity index (χ0) is 24.0. The fourth-order valence-electron chi connectivity index (χ4n) is 3.64. The molecule has 0 fully saturated rings. The fraction of sp³-hybridized carbons (Fsp3) is 0.375. The molecule has 2 aromatic rings. The van der Waals surface area contributed by atoms with E-state index in [1.807, 2.05) is 30.3 Å². The molecule has 0 aromatic heterocycles. The third kappa shape index (κ3) is 5.43. The minimum absolute atomic E-state index is 0.0999. The van der Waals surface area contributed by atoms with Crippen LogP contribution in [0.4, 0.5) is 0 Å². The van der Waals surface area contributed by atoms with E-state index < -0.39 is 6.04 Å². The summed E-state index contributed by atoms with van der Waals surface area (Å²) in [6.45, 7) is -0.234. The number of carbonyl (C=O) groups is 2. The van der Waals surface area contributed by atoms with Gasteiger partial charge in [-0.3, -0.25) is 9.59 Å². The van der Waals surface area contributed by atoms with E-state index in [0.717, 1.165) is 22.6 Å². The summed E-state index contributed by atoms with van der Waals surface area (Å²) in [5, 5.41) is 6.08. The third-order valence-corrected chi connectivity index (χ3v) is 5.45. The van der Waals surface area contributed by atoms with E-state index in [9.17, 15) is 9.59 Å². The van der Waals surface area contributed by atoms with E-state index in [0.29, 0.717) is 17.9 Å². The first-order valence-corrected chi connectivity index (χ1v) is 10.4. The van der Waals surface area contributed by atoms with Crippen molar-refractivity contribution in [1.29, 1.82) is 0 Å². The van der Waals surface area contributed by atoms with Crippen LogP contribution in [0.1, 0.15) is 23.6 Å². The average Bonchev–Trinajstić information content (AvgIpc) is 3.29. The van der Waals surface area contributed by atoms with Gasteiger partial charge in [0.15, 0.2) is 0 Å². The number of hydrogen-bond acceptors (Lipinski definition) is 7. The predicted molar refractivity (Wildman–Crippen MR) is 123 cm³/mol. The Labute approximate surface area is 193 Å². The SMILES string of the molecule is COCC(=O)N(C)CC(=O)N1N=C(c2ccc(OC)cc2)C[C@H]1c1cc(OC)ccc1OC. The molecule has 0 N–H and O–H groups in total. The quantitative estimate of drug-likeness (QED) is 0.577. The van der Waals surface area contributed by atoms with Crippen molar-refractivity contribution in [2.45, 2.75) is 12.5 Å². The van der Waals surface area contributed by atoms with Gasteiger partial charge in [0.05, 0.1) is 33.1 Å². The van der Waals surface area contributed by atoms with Crippen LogP contribution in [-0.2, 0) is 14.3 Å². The van der Waals surface area contributed by atoms with Crippen LogP contribution in [0.15, 0.2) is 47.6 Å². The molecule has 1 atom stereocenters. The molecular formula is C24H29N3O6. The number of hydrogen-bond donors (Lipinski definition) is 0. The van der Waals surface area contributed by atoms with Gasteiger partial charge in [0.2, 0.25) is 5.91 Å². The van der Waals surface area contributed by atoms with Crippen LogP contribution in [0, 0.1) is 0 Å². The molecule has 0 unspecified atom stereocenters. The summed E-state index contributed by atoms with van der Waals surface area (Å²) < 4.78 is 21.1. The van der Waals surface area contributed by atoms with Gasteiger partial charge in [-0.05, 0) is 48.0 Å². The smallest absolute Gasteiger partial charge is 0.262 e. The highest BCUT2D eigenvalue weighted by atomic mass is 16.5. The number of nitrogens with zero attached hydrogens (tertiary/aromatic N) is 3. The molecule has 2 amide bonds. The van der Waals surface area contributed by atoms with Crippen molar-refractivity contribution < 1.29 is 28.5 Å². The van der Waals surface area contributed by atoms with Crippen LogP contribution in [0.25, 0.3) is 0 Å². The minimum Gasteiger partial charge on any atom is -0.497 e. The van der Waals surface area contributed by atoms with E-state index in [1.54, 1.807) is 40.5 Å². The van der Waals surface area contributed by atoms with Crippen molar-refractivity contribution in [2.24, 2.45) is 5.10 Å². The van der Waals surface area contributed by atoms with Gasteiger partial charge in [-0.2, -0.15) is 5.10 Å². The summed E-state index contributed by atoms with van der Waals surface area (Å²) in [6, 6.07) is 12.5. The summed E-state index contributed by atoms with van der Waals surface area (Å²) in [6.07, 6.45) is 0.470. The molecule has 2 aromatic carbocycles. The molecule has 176 valence electrons. The van der Waals surface area contributed by atoms with Crippen LogP contribution >= 0.6 is 0 Å². The Balaban J connectivity index is 1.96. The van der Waals surface area contributed by atoms with E-state index in [1.165, 1.54) is 17.0 Å². The predicted octanol–water partition coefficient (Wildman–Crippen LogP) is 2.49. The van der Waals surface area contributed by atoms with E-state index in [2.05, 4.69) is 5.10 Å². The van der Waals surface area contributed by atoms with Crippen LogP contribution in [0.2, 0.25) is 0 Å². The number of ether oxygens (including phenoxy) is 4. The molecule has 1 aliphatic heterocycles. The fourth-order valence-corrected chi connectivity index (χ4v) is 3.64. The molecule has 0 saturated heterocycles. The second-order valence-electron chi connectivity index (χ2n) is 7.52. The number of hydrazone groups is 1. The number of amides is 2. The molecule has 0 bridgehead atoms. The number of likely N-dealkylation sites (N-methyl/N-ethyl adjacent to an activating group) is 1. The molecule has 0 aliphatic carbocycles. The molecule has 9 heteroatoms. The van der Waals surface area contributed by atoms with E-state index in [4.69, 9.17) is 18.9 Å². The molecular weight excluding hydrogens is 426 g/mol. The number of methoxy groups -OCH3 is 4. The highest BCUT2D eigenvalue weighted by Gasteiger charge is 2.35. The lowest BCUT2D eigenvalue weighted by atomic mass is 9.97. The highest BCUT2D eigenvalue weighted by molar-refractivity contribution is 6.03. The molecule has 3 rings (SSSR count). The van der Waals surface area contributed by atoms with Crippen LogP contribution < -0.4 is 14.2 Å². The number of benzene rings is 2. The lowest BCUT2D eigenvalue weighted by molar-refractivity contribution is -0.142. The van der Waals surface area contributed by atoms with Gasteiger partial charge in [-0.25, -0.2) is 5.01 Å². The largest absolute Gasteiger partial charge is 0.497 e. The highest BCUT2D eigenvalue weighted by Crippen LogP contribution is 2.39. The molecule has 33 heavy (non-hydrogen) atoms. The topological polar surface area (TPSA) is 89.9 Å². The van der Waals surface area contributed by atoms with Crippen LogP contribution in [-0.4, -0.2) is 76.1 Å². The lowest BCUT2D eigenvalue weighted by Crippen LogP contribution is -2.40. The minimum atomic E-state index is -0.425. The van der Waals surface area contributed by atoms with Gasteiger partial charge < -0.3 is 23.8 Å². The summed E-state index contributed by atoms with van der Waals surface area (Å²) in [4.78, 5) is 26.7. The Morgan fingerprint density at radius 1 is 1.00 bits per heavy atom. The van der Waals surface area contributed by atoms with Gasteiger partial charge >= 0.3 is 0 Å². The van der Waals surface area contributed by atoms with Crippen molar-refractivity contribution in [2.75, 3.05) is 48.6 Å². The van der Waals surface area contributed by atoms with Crippen molar-refractivity contribution in [1.82, 2.24) is 9.91 Å². The molecule has 0 saturated carbocycles. The van der Waals surface area contributed by atoms with Crippen LogP contribution in [0.5, 0.6) is 17.2 Å². The molecule has 1 heterocycles. The van der Waals surface area contributed by atoms with Gasteiger partial charge in [0.25, 0.3) is 5.91 Å². The van der Waals surface area contributed by atoms with Crippen molar-refractivity contribution >= 4 is 17.5 Å². The summed E-state index contributed by atoms with van der Waals surface area (Å²) in [5.74, 6) is 1.38. The second-order valence-corrected chi connectivity index (χ2v) is 7.52. The first kappa shape index (κ1) is 24.1. The molecule has 0 radical (unpaired) electrons. The molecule has 1 aliphatic rings. The lowest BCUT2D eigenvalue weighted by Gasteiger charge is -2.26. The van der Waals surface area contributed by atoms with E-state index in [-0.39, 0.29) is 25.0 Å². The summed E-state index contributed by atoms with van der Waals surface area (Å²) >= 11 is 0. The van der Waals surface area contributed by atoms with Gasteiger partial charge in [0, 0.05) is 26.1 Å². The zero-order valence-electron chi connectivity index (χ0n) is 19.5. The van der Waals surface area contributed by atoms with E-state index >= 15 is 0 Å². The Kier molecular flexibility index (Phi) is 7.89. The standard InChI is InChI=1S/C24H29N3O6/c1-26(24(29)15-30-2)14-23(28)27-21(19-12-18(32-4)10-11-22(19)33-5)13-20(25-27)16-6-8-17(31-3)9-7-16/h6-12,21H,13-15H2,1-5H3/t21-/m0/s1. The summed E-state index contributed by atoms with van der Waals surface area (Å²) in [7, 11) is 7.76. The van der Waals surface area contributed by atoms with Crippen molar-refractivity contribution in [3.8, 4) is 17.2 Å². The Bertz CT molecular complexity index is 1020. The first-order valence-electron chi connectivity index (χ1n) is 10.4. The first-order chi connectivity index (χ1) is 15.9. The average molecular weight is 456 g/mol. The zero-order valence-corrected chi connectivity index (χ0v) is 19.5. The van der Waals surface area contributed by atoms with Gasteiger partial charge in [0.1, 0.15) is 30.4 Å². The van der Waals surface area contributed by atoms with Gasteiger partial charge in [-0.1, -0.05) is 0 Å². The maximum atomic E-state index is 13.3. The van der Waals surface area contributed by atoms with Crippen LogP contribution in [0.3, 0.4) is 0 Å². The maximum absolute atomic E-state index is 13.3. The third-order valence-electron chi connectivity index (χ3n) is 5.45. The summed E-state index contributed by atoms with van der Waals surface area (Å²) in [5.41, 5.74) is 2.39. The second kappa shape index (κ2) is 10.8. The Hall–Kier alpha value is -3.59. The normalized spacial score (nSPS) is 15.1. The van der Waals surface area contributed by atoms with Gasteiger partial charge in [-0.15, -0.1) is 0 Å². The monoisotopic (exact) mass is 455 g/mol.